The Hall–Kier alpha value is -1.66. The maximum Gasteiger partial charge on any atom is 0.407 e. The molecule has 0 aromatic rings. The largest absolute Gasteiger partial charge is 0.444 e. The van der Waals surface area contributed by atoms with Gasteiger partial charge in [-0.15, -0.1) is 0 Å². The molecule has 0 rings (SSSR count). The molecule has 0 bridgehead atoms. The molecule has 0 aromatic heterocycles. The van der Waals surface area contributed by atoms with E-state index in [4.69, 9.17) is 4.74 Å². The van der Waals surface area contributed by atoms with Gasteiger partial charge in [-0.2, -0.15) is 0 Å². The molecule has 110 valence electrons. The second-order valence-corrected chi connectivity index (χ2v) is 5.27. The summed E-state index contributed by atoms with van der Waals surface area (Å²) in [6.45, 7) is 5.23. The second-order valence-electron chi connectivity index (χ2n) is 5.27. The van der Waals surface area contributed by atoms with Crippen molar-refractivity contribution in [2.24, 2.45) is 0 Å². The van der Waals surface area contributed by atoms with E-state index in [1.165, 1.54) is 0 Å². The van der Waals surface area contributed by atoms with Crippen LogP contribution < -0.4 is 5.32 Å². The molecule has 7 nitrogen and oxygen atoms in total. The molecule has 0 aliphatic rings. The molecule has 0 fully saturated rings. The van der Waals surface area contributed by atoms with Crippen molar-refractivity contribution in [2.45, 2.75) is 52.1 Å². The number of hydrogen-bond acceptors (Lipinski definition) is 5. The summed E-state index contributed by atoms with van der Waals surface area (Å²) in [4.78, 5) is 31.7. The van der Waals surface area contributed by atoms with E-state index in [2.05, 4.69) is 5.32 Å². The SMILES string of the molecule is CC(C)(C)OC(=O)NCCCCCC(=O)C[N+](=O)[O-]. The second kappa shape index (κ2) is 8.44. The highest BCUT2D eigenvalue weighted by Crippen LogP contribution is 2.06. The molecule has 0 saturated heterocycles. The summed E-state index contributed by atoms with van der Waals surface area (Å²) in [6.07, 6.45) is 1.80. The Bertz CT molecular complexity index is 323. The number of nitro groups is 1. The van der Waals surface area contributed by atoms with Crippen LogP contribution in [0.15, 0.2) is 0 Å². The zero-order valence-electron chi connectivity index (χ0n) is 11.7. The molecular weight excluding hydrogens is 252 g/mol. The predicted octanol–water partition coefficient (Wildman–Crippen LogP) is 1.92. The Morgan fingerprint density at radius 2 is 1.84 bits per heavy atom. The number of nitrogens with one attached hydrogen (secondary N) is 1. The van der Waals surface area contributed by atoms with Gasteiger partial charge in [-0.3, -0.25) is 14.9 Å². The fourth-order valence-corrected chi connectivity index (χ4v) is 1.35. The first kappa shape index (κ1) is 17.3. The van der Waals surface area contributed by atoms with Crippen LogP contribution in [0.5, 0.6) is 0 Å². The Kier molecular flexibility index (Phi) is 7.71. The molecule has 0 radical (unpaired) electrons. The van der Waals surface area contributed by atoms with Gasteiger partial charge >= 0.3 is 6.09 Å². The number of amides is 1. The number of ketones is 1. The third-order valence-electron chi connectivity index (χ3n) is 2.11. The quantitative estimate of drug-likeness (QED) is 0.414. The average Bonchev–Trinajstić information content (AvgIpc) is 2.19. The molecule has 0 aromatic carbocycles. The Labute approximate surface area is 112 Å². The van der Waals surface area contributed by atoms with E-state index in [-0.39, 0.29) is 12.2 Å². The number of Topliss-reactive ketones (excluding diaryl/α,β-unsaturated/α-hetero) is 1. The first-order valence-electron chi connectivity index (χ1n) is 6.31. The normalized spacial score (nSPS) is 10.9. The fraction of sp³-hybridized carbons (Fsp3) is 0.833. The summed E-state index contributed by atoms with van der Waals surface area (Å²) in [6, 6.07) is 0. The third kappa shape index (κ3) is 12.6. The van der Waals surface area contributed by atoms with Gasteiger partial charge in [-0.1, -0.05) is 6.42 Å². The Morgan fingerprint density at radius 1 is 1.21 bits per heavy atom. The number of hydrogen-bond donors (Lipinski definition) is 1. The zero-order chi connectivity index (χ0) is 14.9. The van der Waals surface area contributed by atoms with Crippen molar-refractivity contribution in [3.8, 4) is 0 Å². The number of nitrogens with zero attached hydrogens (tertiary/aromatic N) is 1. The van der Waals surface area contributed by atoms with E-state index in [9.17, 15) is 19.7 Å². The number of carbonyl (C=O) groups excluding carboxylic acids is 2. The van der Waals surface area contributed by atoms with Gasteiger partial charge in [-0.25, -0.2) is 4.79 Å². The monoisotopic (exact) mass is 274 g/mol. The number of unbranched alkanes of at least 4 members (excludes halogenated alkanes) is 2. The van der Waals surface area contributed by atoms with Gasteiger partial charge in [0, 0.05) is 17.9 Å². The summed E-state index contributed by atoms with van der Waals surface area (Å²) >= 11 is 0. The van der Waals surface area contributed by atoms with E-state index in [1.807, 2.05) is 0 Å². The lowest BCUT2D eigenvalue weighted by molar-refractivity contribution is -0.467. The zero-order valence-corrected chi connectivity index (χ0v) is 11.7. The molecule has 0 aliphatic heterocycles. The highest BCUT2D eigenvalue weighted by molar-refractivity contribution is 5.79. The van der Waals surface area contributed by atoms with Crippen molar-refractivity contribution in [1.82, 2.24) is 5.32 Å². The predicted molar refractivity (Wildman–Crippen MR) is 69.6 cm³/mol. The minimum absolute atomic E-state index is 0.216. The van der Waals surface area contributed by atoms with Crippen molar-refractivity contribution in [2.75, 3.05) is 13.1 Å². The van der Waals surface area contributed by atoms with Crippen LogP contribution in [0.4, 0.5) is 4.79 Å². The van der Waals surface area contributed by atoms with Gasteiger partial charge in [0.1, 0.15) is 5.60 Å². The lowest BCUT2D eigenvalue weighted by Crippen LogP contribution is -2.33. The number of carbonyl (C=O) groups is 2. The number of ether oxygens (including phenoxy) is 1. The fourth-order valence-electron chi connectivity index (χ4n) is 1.35. The van der Waals surface area contributed by atoms with Crippen LogP contribution in [0.3, 0.4) is 0 Å². The van der Waals surface area contributed by atoms with E-state index < -0.39 is 23.2 Å². The van der Waals surface area contributed by atoms with Gasteiger partial charge in [0.05, 0.1) is 0 Å². The third-order valence-corrected chi connectivity index (χ3v) is 2.11. The van der Waals surface area contributed by atoms with E-state index in [0.717, 1.165) is 6.42 Å². The first-order valence-corrected chi connectivity index (χ1v) is 6.31. The van der Waals surface area contributed by atoms with Crippen LogP contribution in [0.2, 0.25) is 0 Å². The van der Waals surface area contributed by atoms with Crippen molar-refractivity contribution < 1.29 is 19.2 Å². The van der Waals surface area contributed by atoms with Crippen LogP contribution in [0, 0.1) is 10.1 Å². The number of alkyl carbamates (subject to hydrolysis) is 1. The molecule has 1 N–H and O–H groups in total. The molecule has 1 amide bonds. The van der Waals surface area contributed by atoms with E-state index in [1.54, 1.807) is 20.8 Å². The summed E-state index contributed by atoms with van der Waals surface area (Å²) in [5.74, 6) is -0.356. The standard InChI is InChI=1S/C12H22N2O5/c1-12(2,3)19-11(16)13-8-6-4-5-7-10(15)9-14(17)18/h4-9H2,1-3H3,(H,13,16). The summed E-state index contributed by atoms with van der Waals surface area (Å²) in [5.41, 5.74) is -0.515. The van der Waals surface area contributed by atoms with Crippen LogP contribution in [-0.4, -0.2) is 35.5 Å². The molecule has 0 aliphatic carbocycles. The first-order chi connectivity index (χ1) is 8.70. The van der Waals surface area contributed by atoms with Gasteiger partial charge in [-0.05, 0) is 33.6 Å². The summed E-state index contributed by atoms with van der Waals surface area (Å²) in [7, 11) is 0. The van der Waals surface area contributed by atoms with Crippen LogP contribution in [0.1, 0.15) is 46.5 Å². The van der Waals surface area contributed by atoms with Crippen LogP contribution >= 0.6 is 0 Å². The Balaban J connectivity index is 3.48. The van der Waals surface area contributed by atoms with Crippen molar-refractivity contribution in [3.63, 3.8) is 0 Å². The molecule has 0 atom stereocenters. The van der Waals surface area contributed by atoms with Gasteiger partial charge in [0.25, 0.3) is 6.54 Å². The van der Waals surface area contributed by atoms with Gasteiger partial charge in [0.15, 0.2) is 0 Å². The van der Waals surface area contributed by atoms with Crippen molar-refractivity contribution >= 4 is 11.9 Å². The van der Waals surface area contributed by atoms with Gasteiger partial charge in [0.2, 0.25) is 5.78 Å². The van der Waals surface area contributed by atoms with E-state index >= 15 is 0 Å². The lowest BCUT2D eigenvalue weighted by Gasteiger charge is -2.19. The average molecular weight is 274 g/mol. The molecule has 0 heterocycles. The summed E-state index contributed by atoms with van der Waals surface area (Å²) in [5, 5.41) is 12.7. The van der Waals surface area contributed by atoms with E-state index in [0.29, 0.717) is 19.4 Å². The maximum atomic E-state index is 11.3. The molecular formula is C12H22N2O5. The van der Waals surface area contributed by atoms with Gasteiger partial charge < -0.3 is 10.1 Å². The minimum atomic E-state index is -0.619. The van der Waals surface area contributed by atoms with Crippen LogP contribution in [-0.2, 0) is 9.53 Å². The molecule has 7 heteroatoms. The smallest absolute Gasteiger partial charge is 0.407 e. The highest BCUT2D eigenvalue weighted by atomic mass is 16.6. The van der Waals surface area contributed by atoms with Crippen LogP contribution in [0.25, 0.3) is 0 Å². The summed E-state index contributed by atoms with van der Waals surface area (Å²) < 4.78 is 5.05. The topological polar surface area (TPSA) is 98.5 Å². The van der Waals surface area contributed by atoms with Crippen molar-refractivity contribution in [1.29, 1.82) is 0 Å². The highest BCUT2D eigenvalue weighted by Gasteiger charge is 2.15. The molecule has 19 heavy (non-hydrogen) atoms. The minimum Gasteiger partial charge on any atom is -0.444 e. The lowest BCUT2D eigenvalue weighted by atomic mass is 10.1. The maximum absolute atomic E-state index is 11.3. The molecule has 0 unspecified atom stereocenters. The molecule has 0 saturated carbocycles. The number of rotatable bonds is 8. The molecule has 0 spiro atoms. The van der Waals surface area contributed by atoms with Crippen molar-refractivity contribution in [3.05, 3.63) is 10.1 Å². The Morgan fingerprint density at radius 3 is 2.37 bits per heavy atom.